The van der Waals surface area contributed by atoms with Crippen molar-refractivity contribution in [1.29, 1.82) is 0 Å². The summed E-state index contributed by atoms with van der Waals surface area (Å²) in [6, 6.07) is 4.58. The molecule has 1 N–H and O–H groups in total. The summed E-state index contributed by atoms with van der Waals surface area (Å²) in [6.07, 6.45) is 2.69. The van der Waals surface area contributed by atoms with Crippen molar-refractivity contribution in [3.63, 3.8) is 0 Å². The van der Waals surface area contributed by atoms with Crippen LogP contribution in [0.3, 0.4) is 0 Å². The zero-order valence-corrected chi connectivity index (χ0v) is 8.75. The van der Waals surface area contributed by atoms with Gasteiger partial charge in [0, 0.05) is 0 Å². The quantitative estimate of drug-likeness (QED) is 0.730. The monoisotopic (exact) mass is 221 g/mol. The highest BCUT2D eigenvalue weighted by molar-refractivity contribution is 5.98. The van der Waals surface area contributed by atoms with Crippen LogP contribution in [0, 0.1) is 11.2 Å². The van der Waals surface area contributed by atoms with E-state index < -0.39 is 11.2 Å². The van der Waals surface area contributed by atoms with Gasteiger partial charge in [-0.15, -0.1) is 0 Å². The van der Waals surface area contributed by atoms with E-state index in [9.17, 15) is 9.18 Å². The SMILES string of the molecule is O=C1Nc2c(F)cccc2OCC12CCC2. The number of fused-ring (bicyclic) bond motifs is 1. The van der Waals surface area contributed by atoms with Crippen molar-refractivity contribution in [2.45, 2.75) is 19.3 Å². The van der Waals surface area contributed by atoms with Crippen molar-refractivity contribution >= 4 is 11.6 Å². The number of benzene rings is 1. The predicted molar refractivity (Wildman–Crippen MR) is 56.8 cm³/mol. The number of hydrogen-bond acceptors (Lipinski definition) is 2. The van der Waals surface area contributed by atoms with Crippen molar-refractivity contribution < 1.29 is 13.9 Å². The average Bonchev–Trinajstić information content (AvgIpc) is 2.35. The van der Waals surface area contributed by atoms with Crippen LogP contribution >= 0.6 is 0 Å². The lowest BCUT2D eigenvalue weighted by molar-refractivity contribution is -0.132. The van der Waals surface area contributed by atoms with Gasteiger partial charge in [0.15, 0.2) is 5.82 Å². The number of carbonyl (C=O) groups is 1. The summed E-state index contributed by atoms with van der Waals surface area (Å²) in [5, 5.41) is 2.64. The van der Waals surface area contributed by atoms with Crippen molar-refractivity contribution in [3.8, 4) is 5.75 Å². The van der Waals surface area contributed by atoms with Crippen LogP contribution in [0.2, 0.25) is 0 Å². The fourth-order valence-corrected chi connectivity index (χ4v) is 2.25. The molecule has 1 aromatic carbocycles. The molecule has 84 valence electrons. The van der Waals surface area contributed by atoms with E-state index in [2.05, 4.69) is 5.32 Å². The normalized spacial score (nSPS) is 21.4. The Kier molecular flexibility index (Phi) is 1.93. The fourth-order valence-electron chi connectivity index (χ4n) is 2.25. The van der Waals surface area contributed by atoms with Gasteiger partial charge in [0.25, 0.3) is 0 Å². The number of amides is 1. The lowest BCUT2D eigenvalue weighted by Gasteiger charge is -2.37. The van der Waals surface area contributed by atoms with Crippen LogP contribution in [-0.2, 0) is 4.79 Å². The molecule has 3 rings (SSSR count). The highest BCUT2D eigenvalue weighted by Gasteiger charge is 2.46. The molecule has 0 radical (unpaired) electrons. The first-order chi connectivity index (χ1) is 7.71. The highest BCUT2D eigenvalue weighted by Crippen LogP contribution is 2.45. The second-order valence-corrected chi connectivity index (χ2v) is 4.49. The minimum absolute atomic E-state index is 0.109. The molecule has 0 unspecified atom stereocenters. The standard InChI is InChI=1S/C12H12FNO2/c13-8-3-1-4-9-10(8)14-11(15)12(7-16-9)5-2-6-12/h1,3-4H,2,5-7H2,(H,14,15). The zero-order chi connectivity index (χ0) is 11.2. The van der Waals surface area contributed by atoms with Gasteiger partial charge in [-0.2, -0.15) is 0 Å². The van der Waals surface area contributed by atoms with Crippen LogP contribution in [0.25, 0.3) is 0 Å². The lowest BCUT2D eigenvalue weighted by Crippen LogP contribution is -2.45. The number of anilines is 1. The van der Waals surface area contributed by atoms with Crippen molar-refractivity contribution in [2.75, 3.05) is 11.9 Å². The van der Waals surface area contributed by atoms with Gasteiger partial charge >= 0.3 is 0 Å². The van der Waals surface area contributed by atoms with E-state index in [1.165, 1.54) is 6.07 Å². The Hall–Kier alpha value is -1.58. The molecule has 1 aliphatic carbocycles. The van der Waals surface area contributed by atoms with E-state index in [-0.39, 0.29) is 11.6 Å². The van der Waals surface area contributed by atoms with Gasteiger partial charge in [-0.05, 0) is 25.0 Å². The maximum atomic E-state index is 13.5. The van der Waals surface area contributed by atoms with Crippen LogP contribution < -0.4 is 10.1 Å². The third-order valence-corrected chi connectivity index (χ3v) is 3.51. The molecule has 1 spiro atoms. The topological polar surface area (TPSA) is 38.3 Å². The van der Waals surface area contributed by atoms with Gasteiger partial charge in [0.1, 0.15) is 18.0 Å². The minimum atomic E-state index is -0.442. The molecule has 1 amide bonds. The van der Waals surface area contributed by atoms with Crippen molar-refractivity contribution in [1.82, 2.24) is 0 Å². The molecule has 1 aromatic rings. The van der Waals surface area contributed by atoms with Crippen LogP contribution in [-0.4, -0.2) is 12.5 Å². The number of ether oxygens (including phenoxy) is 1. The molecule has 1 saturated carbocycles. The highest BCUT2D eigenvalue weighted by atomic mass is 19.1. The first-order valence-corrected chi connectivity index (χ1v) is 5.44. The molecule has 0 bridgehead atoms. The molecule has 0 aromatic heterocycles. The van der Waals surface area contributed by atoms with Gasteiger partial charge in [-0.25, -0.2) is 4.39 Å². The van der Waals surface area contributed by atoms with E-state index in [0.717, 1.165) is 19.3 Å². The van der Waals surface area contributed by atoms with E-state index >= 15 is 0 Å². The maximum Gasteiger partial charge on any atom is 0.234 e. The van der Waals surface area contributed by atoms with Crippen LogP contribution in [0.1, 0.15) is 19.3 Å². The number of nitrogens with one attached hydrogen (secondary N) is 1. The number of halogens is 1. The van der Waals surface area contributed by atoms with E-state index in [1.54, 1.807) is 12.1 Å². The summed E-state index contributed by atoms with van der Waals surface area (Å²) >= 11 is 0. The molecular weight excluding hydrogens is 209 g/mol. The summed E-state index contributed by atoms with van der Waals surface area (Å²) in [5.74, 6) is -0.123. The van der Waals surface area contributed by atoms with Gasteiger partial charge in [-0.3, -0.25) is 4.79 Å². The Bertz CT molecular complexity index is 454. The van der Waals surface area contributed by atoms with Crippen LogP contribution in [0.15, 0.2) is 18.2 Å². The fraction of sp³-hybridized carbons (Fsp3) is 0.417. The van der Waals surface area contributed by atoms with Crippen molar-refractivity contribution in [2.24, 2.45) is 5.41 Å². The number of rotatable bonds is 0. The Balaban J connectivity index is 2.00. The van der Waals surface area contributed by atoms with Crippen LogP contribution in [0.4, 0.5) is 10.1 Å². The Labute approximate surface area is 92.6 Å². The zero-order valence-electron chi connectivity index (χ0n) is 8.75. The summed E-state index contributed by atoms with van der Waals surface area (Å²) in [4.78, 5) is 12.0. The minimum Gasteiger partial charge on any atom is -0.490 e. The lowest BCUT2D eigenvalue weighted by atomic mass is 9.69. The molecule has 1 aliphatic heterocycles. The number of para-hydroxylation sites is 1. The van der Waals surface area contributed by atoms with Crippen LogP contribution in [0.5, 0.6) is 5.75 Å². The molecular formula is C12H12FNO2. The molecule has 2 aliphatic rings. The van der Waals surface area contributed by atoms with Gasteiger partial charge in [0.2, 0.25) is 5.91 Å². The van der Waals surface area contributed by atoms with E-state index in [1.807, 2.05) is 0 Å². The van der Waals surface area contributed by atoms with E-state index in [0.29, 0.717) is 12.4 Å². The Morgan fingerprint density at radius 1 is 1.38 bits per heavy atom. The predicted octanol–water partition coefficient (Wildman–Crippen LogP) is 2.33. The largest absolute Gasteiger partial charge is 0.490 e. The first kappa shape index (κ1) is 9.63. The second-order valence-electron chi connectivity index (χ2n) is 4.49. The second kappa shape index (κ2) is 3.20. The summed E-state index contributed by atoms with van der Waals surface area (Å²) < 4.78 is 19.0. The maximum absolute atomic E-state index is 13.5. The molecule has 1 heterocycles. The van der Waals surface area contributed by atoms with Gasteiger partial charge < -0.3 is 10.1 Å². The van der Waals surface area contributed by atoms with Crippen molar-refractivity contribution in [3.05, 3.63) is 24.0 Å². The Morgan fingerprint density at radius 2 is 2.19 bits per heavy atom. The summed E-state index contributed by atoms with van der Waals surface area (Å²) in [5.41, 5.74) is -0.248. The Morgan fingerprint density at radius 3 is 2.88 bits per heavy atom. The molecule has 0 saturated heterocycles. The summed E-state index contributed by atoms with van der Waals surface area (Å²) in [6.45, 7) is 0.356. The first-order valence-electron chi connectivity index (χ1n) is 5.44. The number of carbonyl (C=O) groups excluding carboxylic acids is 1. The molecule has 4 heteroatoms. The molecule has 0 atom stereocenters. The number of hydrogen-bond donors (Lipinski definition) is 1. The summed E-state index contributed by atoms with van der Waals surface area (Å²) in [7, 11) is 0. The van der Waals surface area contributed by atoms with E-state index in [4.69, 9.17) is 4.74 Å². The van der Waals surface area contributed by atoms with Gasteiger partial charge in [0.05, 0.1) is 5.41 Å². The van der Waals surface area contributed by atoms with Gasteiger partial charge in [-0.1, -0.05) is 12.5 Å². The molecule has 1 fully saturated rings. The molecule has 3 nitrogen and oxygen atoms in total. The third kappa shape index (κ3) is 1.22. The third-order valence-electron chi connectivity index (χ3n) is 3.51. The molecule has 16 heavy (non-hydrogen) atoms. The smallest absolute Gasteiger partial charge is 0.234 e. The average molecular weight is 221 g/mol.